The maximum absolute atomic E-state index is 5.75. The van der Waals surface area contributed by atoms with Gasteiger partial charge in [-0.15, -0.1) is 0 Å². The monoisotopic (exact) mass is 221 g/mol. The van der Waals surface area contributed by atoms with Gasteiger partial charge in [-0.3, -0.25) is 0 Å². The van der Waals surface area contributed by atoms with E-state index in [4.69, 9.17) is 10.5 Å². The summed E-state index contributed by atoms with van der Waals surface area (Å²) in [4.78, 5) is 0. The van der Waals surface area contributed by atoms with E-state index >= 15 is 0 Å². The molecule has 0 bridgehead atoms. The molecule has 0 amide bonds. The lowest BCUT2D eigenvalue weighted by Crippen LogP contribution is -1.98. The molecule has 2 heteroatoms. The summed E-state index contributed by atoms with van der Waals surface area (Å²) in [6.07, 6.45) is 6.32. The molecule has 2 nitrogen and oxygen atoms in total. The van der Waals surface area contributed by atoms with Crippen molar-refractivity contribution >= 4 is 5.69 Å². The van der Waals surface area contributed by atoms with Gasteiger partial charge in [0.25, 0.3) is 0 Å². The molecule has 0 radical (unpaired) electrons. The van der Waals surface area contributed by atoms with Crippen molar-refractivity contribution in [2.45, 2.75) is 46.0 Å². The van der Waals surface area contributed by atoms with Crippen LogP contribution in [0.4, 0.5) is 5.69 Å². The molecule has 0 saturated carbocycles. The van der Waals surface area contributed by atoms with Gasteiger partial charge in [-0.2, -0.15) is 0 Å². The van der Waals surface area contributed by atoms with Crippen LogP contribution in [0.25, 0.3) is 0 Å². The average Bonchev–Trinajstić information content (AvgIpc) is 2.22. The SMILES string of the molecule is CCCCCCCOc1cc(C)cc(N)c1. The second kappa shape index (κ2) is 7.15. The Morgan fingerprint density at radius 3 is 2.50 bits per heavy atom. The fourth-order valence-corrected chi connectivity index (χ4v) is 1.76. The number of aryl methyl sites for hydroxylation is 1. The van der Waals surface area contributed by atoms with Gasteiger partial charge in [0.2, 0.25) is 0 Å². The van der Waals surface area contributed by atoms with Crippen LogP contribution in [0.15, 0.2) is 18.2 Å². The van der Waals surface area contributed by atoms with Gasteiger partial charge in [-0.1, -0.05) is 32.6 Å². The van der Waals surface area contributed by atoms with Crippen LogP contribution in [0.1, 0.15) is 44.6 Å². The number of ether oxygens (including phenoxy) is 1. The summed E-state index contributed by atoms with van der Waals surface area (Å²) >= 11 is 0. The second-order valence-electron chi connectivity index (χ2n) is 4.34. The Bertz CT molecular complexity index is 289. The smallest absolute Gasteiger partial charge is 0.121 e. The van der Waals surface area contributed by atoms with E-state index in [9.17, 15) is 0 Å². The van der Waals surface area contributed by atoms with Gasteiger partial charge in [0.1, 0.15) is 5.75 Å². The van der Waals surface area contributed by atoms with E-state index in [-0.39, 0.29) is 0 Å². The molecule has 0 aromatic heterocycles. The zero-order valence-electron chi connectivity index (χ0n) is 10.5. The highest BCUT2D eigenvalue weighted by Gasteiger charge is 1.97. The van der Waals surface area contributed by atoms with Crippen LogP contribution < -0.4 is 10.5 Å². The van der Waals surface area contributed by atoms with Crippen LogP contribution in [0.5, 0.6) is 5.75 Å². The summed E-state index contributed by atoms with van der Waals surface area (Å²) in [5.74, 6) is 0.896. The van der Waals surface area contributed by atoms with Crippen molar-refractivity contribution in [3.63, 3.8) is 0 Å². The zero-order chi connectivity index (χ0) is 11.8. The molecule has 0 heterocycles. The third-order valence-corrected chi connectivity index (χ3v) is 2.59. The van der Waals surface area contributed by atoms with Crippen molar-refractivity contribution in [2.75, 3.05) is 12.3 Å². The fourth-order valence-electron chi connectivity index (χ4n) is 1.76. The molecule has 0 saturated heterocycles. The third kappa shape index (κ3) is 5.06. The summed E-state index contributed by atoms with van der Waals surface area (Å²) in [5.41, 5.74) is 7.68. The summed E-state index contributed by atoms with van der Waals surface area (Å²) in [6.45, 7) is 5.06. The first-order valence-electron chi connectivity index (χ1n) is 6.22. The molecule has 16 heavy (non-hydrogen) atoms. The topological polar surface area (TPSA) is 35.2 Å². The van der Waals surface area contributed by atoms with Gasteiger partial charge in [-0.25, -0.2) is 0 Å². The Morgan fingerprint density at radius 2 is 1.81 bits per heavy atom. The molecule has 2 N–H and O–H groups in total. The van der Waals surface area contributed by atoms with Crippen molar-refractivity contribution in [1.29, 1.82) is 0 Å². The van der Waals surface area contributed by atoms with Crippen molar-refractivity contribution in [3.8, 4) is 5.75 Å². The molecular formula is C14H23NO. The minimum absolute atomic E-state index is 0.779. The Labute approximate surface area is 98.8 Å². The van der Waals surface area contributed by atoms with E-state index in [1.54, 1.807) is 0 Å². The summed E-state index contributed by atoms with van der Waals surface area (Å²) in [6, 6.07) is 5.87. The first-order chi connectivity index (χ1) is 7.72. The van der Waals surface area contributed by atoms with Gasteiger partial charge in [-0.05, 0) is 31.0 Å². The molecule has 0 spiro atoms. The summed E-state index contributed by atoms with van der Waals surface area (Å²) < 4.78 is 5.67. The highest BCUT2D eigenvalue weighted by atomic mass is 16.5. The highest BCUT2D eigenvalue weighted by Crippen LogP contribution is 2.18. The van der Waals surface area contributed by atoms with Crippen LogP contribution >= 0.6 is 0 Å². The number of hydrogen-bond donors (Lipinski definition) is 1. The van der Waals surface area contributed by atoms with Crippen molar-refractivity contribution in [3.05, 3.63) is 23.8 Å². The lowest BCUT2D eigenvalue weighted by atomic mass is 10.2. The Kier molecular flexibility index (Phi) is 5.76. The Morgan fingerprint density at radius 1 is 1.06 bits per heavy atom. The van der Waals surface area contributed by atoms with Gasteiger partial charge in [0.15, 0.2) is 0 Å². The quantitative estimate of drug-likeness (QED) is 0.559. The highest BCUT2D eigenvalue weighted by molar-refractivity contribution is 5.47. The normalized spacial score (nSPS) is 10.4. The van der Waals surface area contributed by atoms with E-state index < -0.39 is 0 Å². The first-order valence-corrected chi connectivity index (χ1v) is 6.22. The van der Waals surface area contributed by atoms with E-state index in [1.807, 2.05) is 25.1 Å². The van der Waals surface area contributed by atoms with Crippen LogP contribution in [-0.2, 0) is 0 Å². The van der Waals surface area contributed by atoms with Gasteiger partial charge in [0.05, 0.1) is 6.61 Å². The summed E-state index contributed by atoms with van der Waals surface area (Å²) in [5, 5.41) is 0. The summed E-state index contributed by atoms with van der Waals surface area (Å²) in [7, 11) is 0. The zero-order valence-corrected chi connectivity index (χ0v) is 10.5. The molecule has 1 aromatic carbocycles. The number of hydrogen-bond acceptors (Lipinski definition) is 2. The van der Waals surface area contributed by atoms with Gasteiger partial charge in [0, 0.05) is 11.8 Å². The van der Waals surface area contributed by atoms with E-state index in [0.29, 0.717) is 0 Å². The molecule has 0 unspecified atom stereocenters. The predicted molar refractivity (Wildman–Crippen MR) is 69.8 cm³/mol. The molecule has 0 fully saturated rings. The largest absolute Gasteiger partial charge is 0.494 e. The van der Waals surface area contributed by atoms with Gasteiger partial charge >= 0.3 is 0 Å². The Balaban J connectivity index is 2.21. The first kappa shape index (κ1) is 12.9. The molecule has 1 aromatic rings. The number of rotatable bonds is 7. The number of unbranched alkanes of at least 4 members (excludes halogenated alkanes) is 4. The number of nitrogens with two attached hydrogens (primary N) is 1. The number of anilines is 1. The van der Waals surface area contributed by atoms with Gasteiger partial charge < -0.3 is 10.5 Å². The Hall–Kier alpha value is -1.18. The van der Waals surface area contributed by atoms with E-state index in [1.165, 1.54) is 25.7 Å². The predicted octanol–water partition coefficient (Wildman–Crippen LogP) is 3.93. The van der Waals surface area contributed by atoms with Crippen molar-refractivity contribution in [1.82, 2.24) is 0 Å². The standard InChI is InChI=1S/C14H23NO/c1-3-4-5-6-7-8-16-14-10-12(2)9-13(15)11-14/h9-11H,3-8,15H2,1-2H3. The van der Waals surface area contributed by atoms with Crippen LogP contribution in [0.2, 0.25) is 0 Å². The molecule has 0 atom stereocenters. The lowest BCUT2D eigenvalue weighted by molar-refractivity contribution is 0.304. The molecule has 0 aliphatic heterocycles. The number of benzene rings is 1. The van der Waals surface area contributed by atoms with E-state index in [0.717, 1.165) is 30.0 Å². The molecular weight excluding hydrogens is 198 g/mol. The fraction of sp³-hybridized carbons (Fsp3) is 0.571. The van der Waals surface area contributed by atoms with Crippen LogP contribution in [-0.4, -0.2) is 6.61 Å². The van der Waals surface area contributed by atoms with Crippen molar-refractivity contribution in [2.24, 2.45) is 0 Å². The third-order valence-electron chi connectivity index (χ3n) is 2.59. The number of nitrogen functional groups attached to an aromatic ring is 1. The minimum atomic E-state index is 0.779. The maximum Gasteiger partial charge on any atom is 0.121 e. The molecule has 90 valence electrons. The van der Waals surface area contributed by atoms with Crippen LogP contribution in [0.3, 0.4) is 0 Å². The maximum atomic E-state index is 5.75. The van der Waals surface area contributed by atoms with E-state index in [2.05, 4.69) is 6.92 Å². The molecule has 0 aliphatic rings. The minimum Gasteiger partial charge on any atom is -0.494 e. The average molecular weight is 221 g/mol. The second-order valence-corrected chi connectivity index (χ2v) is 4.34. The molecule has 1 rings (SSSR count). The molecule has 0 aliphatic carbocycles. The van der Waals surface area contributed by atoms with Crippen molar-refractivity contribution < 1.29 is 4.74 Å². The lowest BCUT2D eigenvalue weighted by Gasteiger charge is -2.07. The van der Waals surface area contributed by atoms with Crippen LogP contribution in [0, 0.1) is 6.92 Å².